The number of benzene rings is 2. The number of halogens is 1. The molecular formula is C19H15ClN2O5. The Bertz CT molecular complexity index is 1140. The minimum absolute atomic E-state index is 0.00465. The largest absolute Gasteiger partial charge is 0.506 e. The number of carbonyl (C=O) groups is 1. The van der Waals surface area contributed by atoms with E-state index in [9.17, 15) is 14.7 Å². The lowest BCUT2D eigenvalue weighted by Crippen LogP contribution is -2.34. The topological polar surface area (TPSA) is 81.0 Å². The van der Waals surface area contributed by atoms with E-state index in [0.717, 1.165) is 0 Å². The molecule has 0 aliphatic carbocycles. The SMILES string of the molecule is CN(C(=O)c1c(O)c2c3c(ccc2n(C)c1=O)OCO3)c1ccc(Cl)cc1. The Kier molecular flexibility index (Phi) is 3.96. The van der Waals surface area contributed by atoms with Crippen molar-refractivity contribution in [2.75, 3.05) is 18.7 Å². The second kappa shape index (κ2) is 6.21. The van der Waals surface area contributed by atoms with E-state index in [1.54, 1.807) is 36.4 Å². The molecule has 1 N–H and O–H groups in total. The summed E-state index contributed by atoms with van der Waals surface area (Å²) in [5, 5.41) is 11.6. The van der Waals surface area contributed by atoms with Crippen LogP contribution in [-0.2, 0) is 7.05 Å². The summed E-state index contributed by atoms with van der Waals surface area (Å²) < 4.78 is 12.1. The van der Waals surface area contributed by atoms with E-state index in [1.165, 1.54) is 23.6 Å². The minimum Gasteiger partial charge on any atom is -0.506 e. The van der Waals surface area contributed by atoms with Gasteiger partial charge in [-0.2, -0.15) is 0 Å². The van der Waals surface area contributed by atoms with Gasteiger partial charge in [0, 0.05) is 24.8 Å². The van der Waals surface area contributed by atoms with E-state index in [2.05, 4.69) is 0 Å². The molecule has 2 aromatic carbocycles. The molecule has 7 nitrogen and oxygen atoms in total. The van der Waals surface area contributed by atoms with Crippen LogP contribution in [-0.4, -0.2) is 29.4 Å². The lowest BCUT2D eigenvalue weighted by atomic mass is 10.1. The molecule has 3 aromatic rings. The number of hydrogen-bond acceptors (Lipinski definition) is 5. The standard InChI is InChI=1S/C19H15ClN2O5/c1-21(11-5-3-10(20)4-6-11)18(24)15-16(23)14-12(22(2)19(15)25)7-8-13-17(14)27-9-26-13/h3-8,23H,9H2,1-2H3. The van der Waals surface area contributed by atoms with Crippen LogP contribution in [0.2, 0.25) is 5.02 Å². The fraction of sp³-hybridized carbons (Fsp3) is 0.158. The summed E-state index contributed by atoms with van der Waals surface area (Å²) in [6, 6.07) is 9.87. The fourth-order valence-electron chi connectivity index (χ4n) is 3.12. The number of anilines is 1. The molecule has 0 saturated carbocycles. The Labute approximate surface area is 158 Å². The highest BCUT2D eigenvalue weighted by molar-refractivity contribution is 6.30. The van der Waals surface area contributed by atoms with Gasteiger partial charge in [-0.05, 0) is 36.4 Å². The first-order valence-electron chi connectivity index (χ1n) is 8.08. The molecule has 0 atom stereocenters. The summed E-state index contributed by atoms with van der Waals surface area (Å²) in [6.07, 6.45) is 0. The molecule has 0 unspecified atom stereocenters. The van der Waals surface area contributed by atoms with Crippen LogP contribution in [0.1, 0.15) is 10.4 Å². The molecule has 4 rings (SSSR count). The van der Waals surface area contributed by atoms with Gasteiger partial charge in [0.25, 0.3) is 11.5 Å². The number of aromatic hydroxyl groups is 1. The molecule has 2 heterocycles. The van der Waals surface area contributed by atoms with Crippen LogP contribution in [0.4, 0.5) is 5.69 Å². The number of fused-ring (bicyclic) bond motifs is 3. The number of ether oxygens (including phenoxy) is 2. The Morgan fingerprint density at radius 2 is 1.89 bits per heavy atom. The molecule has 0 saturated heterocycles. The van der Waals surface area contributed by atoms with Crippen LogP contribution in [0, 0.1) is 0 Å². The quantitative estimate of drug-likeness (QED) is 0.732. The van der Waals surface area contributed by atoms with Gasteiger partial charge in [0.15, 0.2) is 11.5 Å². The van der Waals surface area contributed by atoms with Gasteiger partial charge in [0.1, 0.15) is 11.3 Å². The van der Waals surface area contributed by atoms with Crippen molar-refractivity contribution in [1.82, 2.24) is 4.57 Å². The van der Waals surface area contributed by atoms with Gasteiger partial charge in [-0.1, -0.05) is 11.6 Å². The smallest absolute Gasteiger partial charge is 0.267 e. The van der Waals surface area contributed by atoms with Gasteiger partial charge in [0.05, 0.1) is 10.9 Å². The van der Waals surface area contributed by atoms with Crippen molar-refractivity contribution < 1.29 is 19.4 Å². The maximum atomic E-state index is 13.0. The molecule has 1 aliphatic heterocycles. The van der Waals surface area contributed by atoms with E-state index in [4.69, 9.17) is 21.1 Å². The maximum Gasteiger partial charge on any atom is 0.267 e. The van der Waals surface area contributed by atoms with Gasteiger partial charge in [-0.25, -0.2) is 0 Å². The number of aryl methyl sites for hydroxylation is 1. The first-order chi connectivity index (χ1) is 12.9. The third-order valence-corrected chi connectivity index (χ3v) is 4.86. The van der Waals surface area contributed by atoms with Crippen molar-refractivity contribution in [3.05, 3.63) is 57.3 Å². The number of pyridine rings is 1. The van der Waals surface area contributed by atoms with Gasteiger partial charge >= 0.3 is 0 Å². The number of nitrogens with zero attached hydrogens (tertiary/aromatic N) is 2. The number of aromatic nitrogens is 1. The number of rotatable bonds is 2. The summed E-state index contributed by atoms with van der Waals surface area (Å²) in [5.74, 6) is -0.320. The zero-order valence-corrected chi connectivity index (χ0v) is 15.3. The van der Waals surface area contributed by atoms with Crippen molar-refractivity contribution >= 4 is 34.1 Å². The second-order valence-corrected chi connectivity index (χ2v) is 6.56. The predicted octanol–water partition coefficient (Wildman–Crippen LogP) is 2.90. The third kappa shape index (κ3) is 2.59. The minimum atomic E-state index is -0.645. The lowest BCUT2D eigenvalue weighted by molar-refractivity contribution is 0.0988. The summed E-state index contributed by atoms with van der Waals surface area (Å²) in [6.45, 7) is 0.00465. The summed E-state index contributed by atoms with van der Waals surface area (Å²) >= 11 is 5.88. The van der Waals surface area contributed by atoms with Crippen LogP contribution >= 0.6 is 11.6 Å². The van der Waals surface area contributed by atoms with Crippen molar-refractivity contribution in [3.8, 4) is 17.2 Å². The van der Waals surface area contributed by atoms with Crippen molar-refractivity contribution in [3.63, 3.8) is 0 Å². The van der Waals surface area contributed by atoms with Crippen LogP contribution in [0.3, 0.4) is 0 Å². The Hall–Kier alpha value is -3.19. The normalized spacial score (nSPS) is 12.4. The van der Waals surface area contributed by atoms with Gasteiger partial charge in [0.2, 0.25) is 6.79 Å². The predicted molar refractivity (Wildman–Crippen MR) is 101 cm³/mol. The fourth-order valence-corrected chi connectivity index (χ4v) is 3.24. The van der Waals surface area contributed by atoms with Crippen molar-refractivity contribution in [2.24, 2.45) is 7.05 Å². The zero-order chi connectivity index (χ0) is 19.3. The molecule has 8 heteroatoms. The average molecular weight is 387 g/mol. The van der Waals surface area contributed by atoms with E-state index < -0.39 is 17.2 Å². The number of carbonyl (C=O) groups excluding carboxylic acids is 1. The highest BCUT2D eigenvalue weighted by atomic mass is 35.5. The molecule has 138 valence electrons. The van der Waals surface area contributed by atoms with E-state index in [-0.39, 0.29) is 17.7 Å². The van der Waals surface area contributed by atoms with E-state index >= 15 is 0 Å². The molecule has 0 radical (unpaired) electrons. The first-order valence-corrected chi connectivity index (χ1v) is 8.46. The Morgan fingerprint density at radius 1 is 1.19 bits per heavy atom. The molecule has 1 amide bonds. The van der Waals surface area contributed by atoms with Crippen molar-refractivity contribution in [2.45, 2.75) is 0 Å². The molecule has 27 heavy (non-hydrogen) atoms. The third-order valence-electron chi connectivity index (χ3n) is 4.60. The molecule has 1 aliphatic rings. The van der Waals surface area contributed by atoms with Crippen molar-refractivity contribution in [1.29, 1.82) is 0 Å². The molecule has 0 spiro atoms. The maximum absolute atomic E-state index is 13.0. The van der Waals surface area contributed by atoms with Crippen LogP contribution in [0.5, 0.6) is 17.2 Å². The second-order valence-electron chi connectivity index (χ2n) is 6.12. The van der Waals surface area contributed by atoms with E-state index in [0.29, 0.717) is 27.7 Å². The van der Waals surface area contributed by atoms with Gasteiger partial charge < -0.3 is 24.0 Å². The first kappa shape index (κ1) is 17.2. The molecular weight excluding hydrogens is 372 g/mol. The summed E-state index contributed by atoms with van der Waals surface area (Å²) in [5.41, 5.74) is 0.0206. The Balaban J connectivity index is 1.92. The molecule has 1 aromatic heterocycles. The molecule has 0 bridgehead atoms. The number of amides is 1. The van der Waals surface area contributed by atoms with Crippen LogP contribution in [0.15, 0.2) is 41.2 Å². The number of hydrogen-bond donors (Lipinski definition) is 1. The monoisotopic (exact) mass is 386 g/mol. The summed E-state index contributed by atoms with van der Waals surface area (Å²) in [7, 11) is 3.05. The van der Waals surface area contributed by atoms with Crippen LogP contribution in [0.25, 0.3) is 10.9 Å². The summed E-state index contributed by atoms with van der Waals surface area (Å²) in [4.78, 5) is 27.1. The lowest BCUT2D eigenvalue weighted by Gasteiger charge is -2.19. The van der Waals surface area contributed by atoms with Crippen LogP contribution < -0.4 is 19.9 Å². The molecule has 0 fully saturated rings. The van der Waals surface area contributed by atoms with Gasteiger partial charge in [-0.3, -0.25) is 9.59 Å². The Morgan fingerprint density at radius 3 is 2.59 bits per heavy atom. The highest BCUT2D eigenvalue weighted by Crippen LogP contribution is 2.43. The zero-order valence-electron chi connectivity index (χ0n) is 14.5. The highest BCUT2D eigenvalue weighted by Gasteiger charge is 2.29. The van der Waals surface area contributed by atoms with Gasteiger partial charge in [-0.15, -0.1) is 0 Å². The van der Waals surface area contributed by atoms with E-state index in [1.807, 2.05) is 0 Å². The average Bonchev–Trinajstić information content (AvgIpc) is 3.14.